The van der Waals surface area contributed by atoms with Gasteiger partial charge in [-0.25, -0.2) is 14.2 Å². The number of hydrogen-bond acceptors (Lipinski definition) is 5. The normalized spacial score (nSPS) is 40.2. The van der Waals surface area contributed by atoms with E-state index < -0.39 is 11.5 Å². The van der Waals surface area contributed by atoms with E-state index >= 15 is 0 Å². The van der Waals surface area contributed by atoms with E-state index in [4.69, 9.17) is 9.47 Å². The Balaban J connectivity index is 1.20. The number of nitrogens with zero attached hydrogens (tertiary/aromatic N) is 1. The highest BCUT2D eigenvalue weighted by Gasteiger charge is 2.76. The summed E-state index contributed by atoms with van der Waals surface area (Å²) in [5.41, 5.74) is 0.762. The number of fused-ring (bicyclic) bond motifs is 1. The van der Waals surface area contributed by atoms with Crippen LogP contribution in [0.5, 0.6) is 0 Å². The van der Waals surface area contributed by atoms with Gasteiger partial charge in [-0.2, -0.15) is 0 Å². The maximum Gasteiger partial charge on any atom is 0.338 e. The molecule has 4 saturated carbocycles. The first-order valence-corrected chi connectivity index (χ1v) is 15.5. The van der Waals surface area contributed by atoms with Crippen LogP contribution in [0.3, 0.4) is 0 Å². The van der Waals surface area contributed by atoms with Crippen LogP contribution in [0.1, 0.15) is 73.1 Å². The molecular formula is C35H42NO5+. The Labute approximate surface area is 242 Å². The van der Waals surface area contributed by atoms with Crippen LogP contribution in [0.2, 0.25) is 0 Å². The van der Waals surface area contributed by atoms with Crippen molar-refractivity contribution in [1.29, 1.82) is 0 Å². The van der Waals surface area contributed by atoms with Gasteiger partial charge >= 0.3 is 11.9 Å². The quantitative estimate of drug-likeness (QED) is 0.382. The second-order valence-electron chi connectivity index (χ2n) is 13.9. The van der Waals surface area contributed by atoms with Crippen LogP contribution in [0.25, 0.3) is 0 Å². The van der Waals surface area contributed by atoms with E-state index in [0.717, 1.165) is 38.6 Å². The molecular weight excluding hydrogens is 514 g/mol. The largest absolute Gasteiger partial charge is 0.458 e. The molecule has 1 aliphatic heterocycles. The molecule has 5 aliphatic rings. The molecule has 0 radical (unpaired) electrons. The molecule has 6 heteroatoms. The van der Waals surface area contributed by atoms with Crippen molar-refractivity contribution in [3.8, 4) is 0 Å². The van der Waals surface area contributed by atoms with Crippen LogP contribution in [-0.4, -0.2) is 59.7 Å². The van der Waals surface area contributed by atoms with Gasteiger partial charge in [-0.05, 0) is 80.0 Å². The molecule has 0 unspecified atom stereocenters. The summed E-state index contributed by atoms with van der Waals surface area (Å²) in [5.74, 6) is 0.765. The lowest BCUT2D eigenvalue weighted by atomic mass is 9.40. The molecule has 0 amide bonds. The van der Waals surface area contributed by atoms with E-state index in [-0.39, 0.29) is 40.7 Å². The third kappa shape index (κ3) is 4.04. The van der Waals surface area contributed by atoms with Gasteiger partial charge in [0.2, 0.25) is 0 Å². The highest BCUT2D eigenvalue weighted by molar-refractivity contribution is 5.90. The first-order valence-electron chi connectivity index (χ1n) is 15.5. The van der Waals surface area contributed by atoms with Crippen molar-refractivity contribution in [1.82, 2.24) is 0 Å². The fraction of sp³-hybridized carbons (Fsp3) is 0.571. The number of benzene rings is 2. The fourth-order valence-electron chi connectivity index (χ4n) is 10.4. The number of carbonyl (C=O) groups is 2. The van der Waals surface area contributed by atoms with Gasteiger partial charge in [-0.3, -0.25) is 0 Å². The molecule has 216 valence electrons. The van der Waals surface area contributed by atoms with Crippen LogP contribution < -0.4 is 0 Å². The van der Waals surface area contributed by atoms with Gasteiger partial charge < -0.3 is 14.6 Å². The van der Waals surface area contributed by atoms with E-state index in [2.05, 4.69) is 24.6 Å². The maximum atomic E-state index is 13.4. The Kier molecular flexibility index (Phi) is 6.42. The molecule has 4 fully saturated rings. The van der Waals surface area contributed by atoms with Crippen molar-refractivity contribution in [2.45, 2.75) is 64.6 Å². The molecule has 6 nitrogen and oxygen atoms in total. The summed E-state index contributed by atoms with van der Waals surface area (Å²) < 4.78 is 14.6. The maximum absolute atomic E-state index is 13.4. The highest BCUT2D eigenvalue weighted by Crippen LogP contribution is 2.75. The van der Waals surface area contributed by atoms with Gasteiger partial charge in [0.15, 0.2) is 6.54 Å². The van der Waals surface area contributed by atoms with Crippen molar-refractivity contribution in [3.63, 3.8) is 0 Å². The molecule has 7 rings (SSSR count). The molecule has 9 atom stereocenters. The summed E-state index contributed by atoms with van der Waals surface area (Å²) >= 11 is 0. The Morgan fingerprint density at radius 2 is 1.63 bits per heavy atom. The molecule has 41 heavy (non-hydrogen) atoms. The van der Waals surface area contributed by atoms with Crippen LogP contribution in [0.15, 0.2) is 60.7 Å². The molecule has 1 N–H and O–H groups in total. The van der Waals surface area contributed by atoms with Crippen molar-refractivity contribution in [3.05, 3.63) is 71.8 Å². The molecule has 4 bridgehead atoms. The second kappa shape index (κ2) is 9.79. The van der Waals surface area contributed by atoms with Crippen LogP contribution in [0.4, 0.5) is 0 Å². The summed E-state index contributed by atoms with van der Waals surface area (Å²) in [7, 11) is 0. The Hall–Kier alpha value is -2.99. The van der Waals surface area contributed by atoms with Crippen LogP contribution in [-0.2, 0) is 9.47 Å². The standard InChI is InChI=1S/C35H42NO5/c1-23-26-18-28-34-15-9-14-33(2,21-36(22-34)16-17-40-31(38)24-10-5-3-6-11-24)27(34)19-29(35(28,20-26)30(23)37)41-32(39)25-12-7-4-8-13-25/h3-8,10-13,22-23,26-30,37H,9,14-21H2,1-2H3/q+1/t23-,26+,27+,28-,29-,30+,33+,34+,35+/m1/s1. The van der Waals surface area contributed by atoms with E-state index in [0.29, 0.717) is 36.1 Å². The SMILES string of the molecule is C[C@@H]1[C@H]2C[C@@H]3[C@]45C=[N+](CCOC(=O)c6ccccc6)C[C@](C)(CCC4)[C@@H]5C[C@@H](OC(=O)c4ccccc4)[C@@]3(C2)[C@H]1O. The minimum absolute atomic E-state index is 0.0415. The average Bonchev–Trinajstić information content (AvgIpc) is 3.50. The van der Waals surface area contributed by atoms with Gasteiger partial charge in [0.1, 0.15) is 25.5 Å². The average molecular weight is 557 g/mol. The summed E-state index contributed by atoms with van der Waals surface area (Å²) in [6, 6.07) is 18.5. The molecule has 4 aliphatic carbocycles. The lowest BCUT2D eigenvalue weighted by Crippen LogP contribution is -2.69. The Bertz CT molecular complexity index is 1360. The van der Waals surface area contributed by atoms with Gasteiger partial charge in [-0.15, -0.1) is 0 Å². The smallest absolute Gasteiger partial charge is 0.338 e. The number of hydrogen-bond donors (Lipinski definition) is 1. The van der Waals surface area contributed by atoms with Crippen molar-refractivity contribution >= 4 is 18.2 Å². The van der Waals surface area contributed by atoms with Crippen LogP contribution >= 0.6 is 0 Å². The minimum atomic E-state index is -0.473. The van der Waals surface area contributed by atoms with Crippen LogP contribution in [0, 0.1) is 39.9 Å². The van der Waals surface area contributed by atoms with Gasteiger partial charge in [-0.1, -0.05) is 56.7 Å². The van der Waals surface area contributed by atoms with E-state index in [1.54, 1.807) is 12.1 Å². The lowest BCUT2D eigenvalue weighted by Gasteiger charge is -2.64. The predicted molar refractivity (Wildman–Crippen MR) is 155 cm³/mol. The Morgan fingerprint density at radius 1 is 0.951 bits per heavy atom. The van der Waals surface area contributed by atoms with Gasteiger partial charge in [0.05, 0.1) is 22.6 Å². The number of carbonyl (C=O) groups excluding carboxylic acids is 2. The third-order valence-electron chi connectivity index (χ3n) is 12.0. The van der Waals surface area contributed by atoms with Gasteiger partial charge in [0.25, 0.3) is 0 Å². The molecule has 0 aromatic heterocycles. The topological polar surface area (TPSA) is 75.8 Å². The van der Waals surface area contributed by atoms with Gasteiger partial charge in [0, 0.05) is 10.8 Å². The number of ether oxygens (including phenoxy) is 2. The summed E-state index contributed by atoms with van der Waals surface area (Å²) in [5, 5.41) is 11.9. The van der Waals surface area contributed by atoms with Crippen molar-refractivity contribution in [2.75, 3.05) is 19.7 Å². The predicted octanol–water partition coefficient (Wildman–Crippen LogP) is 5.39. The highest BCUT2D eigenvalue weighted by atomic mass is 16.5. The van der Waals surface area contributed by atoms with E-state index in [1.807, 2.05) is 48.5 Å². The summed E-state index contributed by atoms with van der Waals surface area (Å²) in [6.45, 7) is 6.52. The van der Waals surface area contributed by atoms with Crippen molar-refractivity contribution < 1.29 is 28.7 Å². The van der Waals surface area contributed by atoms with Crippen molar-refractivity contribution in [2.24, 2.45) is 39.9 Å². The molecule has 0 saturated heterocycles. The zero-order valence-corrected chi connectivity index (χ0v) is 24.2. The Morgan fingerprint density at radius 3 is 2.32 bits per heavy atom. The molecule has 2 aromatic carbocycles. The summed E-state index contributed by atoms with van der Waals surface area (Å²) in [4.78, 5) is 26.0. The second-order valence-corrected chi connectivity index (χ2v) is 13.9. The zero-order chi connectivity index (χ0) is 28.4. The number of rotatable bonds is 6. The first-order chi connectivity index (χ1) is 19.8. The third-order valence-corrected chi connectivity index (χ3v) is 12.0. The molecule has 2 aromatic rings. The zero-order valence-electron chi connectivity index (χ0n) is 24.2. The first kappa shape index (κ1) is 26.9. The monoisotopic (exact) mass is 556 g/mol. The number of aliphatic hydroxyl groups is 1. The van der Waals surface area contributed by atoms with E-state index in [9.17, 15) is 14.7 Å². The summed E-state index contributed by atoms with van der Waals surface area (Å²) in [6.07, 6.45) is 7.97. The number of aliphatic hydroxyl groups excluding tert-OH is 1. The lowest BCUT2D eigenvalue weighted by molar-refractivity contribution is -0.559. The van der Waals surface area contributed by atoms with E-state index in [1.165, 1.54) is 6.42 Å². The fourth-order valence-corrected chi connectivity index (χ4v) is 10.4. The molecule has 1 heterocycles. The minimum Gasteiger partial charge on any atom is -0.458 e. The molecule has 1 spiro atoms. The number of esters is 2.